The summed E-state index contributed by atoms with van der Waals surface area (Å²) in [6, 6.07) is 7.18. The summed E-state index contributed by atoms with van der Waals surface area (Å²) >= 11 is 0. The van der Waals surface area contributed by atoms with Crippen LogP contribution >= 0.6 is 0 Å². The molecule has 5 N–H and O–H groups in total. The topological polar surface area (TPSA) is 126 Å². The first-order valence-electron chi connectivity index (χ1n) is 11.2. The van der Waals surface area contributed by atoms with E-state index in [9.17, 15) is 9.59 Å². The zero-order valence-electron chi connectivity index (χ0n) is 18.1. The van der Waals surface area contributed by atoms with Crippen LogP contribution in [0.3, 0.4) is 0 Å². The van der Waals surface area contributed by atoms with Gasteiger partial charge in [0.25, 0.3) is 0 Å². The Balaban J connectivity index is 1.39. The number of urea groups is 1. The number of guanidine groups is 1. The lowest BCUT2D eigenvalue weighted by atomic mass is 9.99. The summed E-state index contributed by atoms with van der Waals surface area (Å²) in [5.41, 5.74) is 12.3. The summed E-state index contributed by atoms with van der Waals surface area (Å²) in [7, 11) is 0. The molecular formula is C22H34N6O3. The number of amides is 3. The first kappa shape index (κ1) is 22.7. The third-order valence-electron chi connectivity index (χ3n) is 5.78. The summed E-state index contributed by atoms with van der Waals surface area (Å²) in [4.78, 5) is 32.4. The standard InChI is InChI=1S/C22H34N6O3/c23-20(24)26-18-10-8-17(9-11-18)16-25-21(29)27-12-14-28(15-13-27)22(30)31-19-6-4-2-1-3-5-7-19/h8-11,19H,1-7,12-16H2,(H,25,29)(H4,23,24,26). The van der Waals surface area contributed by atoms with Crippen LogP contribution in [0.4, 0.5) is 15.3 Å². The number of carbonyl (C=O) groups is 2. The maximum absolute atomic E-state index is 12.5. The predicted octanol–water partition coefficient (Wildman–Crippen LogP) is 2.67. The van der Waals surface area contributed by atoms with Crippen LogP contribution in [0, 0.1) is 0 Å². The molecule has 0 radical (unpaired) electrons. The van der Waals surface area contributed by atoms with Crippen LogP contribution in [0.2, 0.25) is 0 Å². The van der Waals surface area contributed by atoms with Crippen molar-refractivity contribution in [1.29, 1.82) is 0 Å². The van der Waals surface area contributed by atoms with Crippen LogP contribution < -0.4 is 16.8 Å². The summed E-state index contributed by atoms with van der Waals surface area (Å²) in [6.45, 7) is 2.38. The van der Waals surface area contributed by atoms with E-state index in [-0.39, 0.29) is 24.2 Å². The molecule has 1 aliphatic heterocycles. The van der Waals surface area contributed by atoms with Crippen LogP contribution in [-0.2, 0) is 11.3 Å². The number of hydrogen-bond acceptors (Lipinski definition) is 4. The molecule has 2 fully saturated rings. The molecule has 0 spiro atoms. The zero-order chi connectivity index (χ0) is 22.1. The molecule has 0 atom stereocenters. The van der Waals surface area contributed by atoms with E-state index in [1.165, 1.54) is 19.3 Å². The van der Waals surface area contributed by atoms with Gasteiger partial charge in [0.05, 0.1) is 5.69 Å². The Bertz CT molecular complexity index is 747. The van der Waals surface area contributed by atoms with Gasteiger partial charge in [0.15, 0.2) is 5.96 Å². The van der Waals surface area contributed by atoms with Crippen molar-refractivity contribution in [2.45, 2.75) is 57.6 Å². The highest BCUT2D eigenvalue weighted by Gasteiger charge is 2.26. The number of nitrogens with one attached hydrogen (secondary N) is 1. The van der Waals surface area contributed by atoms with E-state index in [4.69, 9.17) is 16.2 Å². The molecule has 31 heavy (non-hydrogen) atoms. The van der Waals surface area contributed by atoms with Gasteiger partial charge in [-0.1, -0.05) is 31.4 Å². The van der Waals surface area contributed by atoms with Gasteiger partial charge in [0.1, 0.15) is 6.10 Å². The van der Waals surface area contributed by atoms with Crippen molar-refractivity contribution in [3.8, 4) is 0 Å². The van der Waals surface area contributed by atoms with Gasteiger partial charge < -0.3 is 31.3 Å². The third kappa shape index (κ3) is 7.34. The number of aliphatic imine (C=N–C) groups is 1. The Kier molecular flexibility index (Phi) is 8.37. The van der Waals surface area contributed by atoms with E-state index in [1.807, 2.05) is 12.1 Å². The molecule has 3 amide bonds. The zero-order valence-corrected chi connectivity index (χ0v) is 18.1. The van der Waals surface area contributed by atoms with Crippen molar-refractivity contribution in [3.05, 3.63) is 29.8 Å². The van der Waals surface area contributed by atoms with E-state index in [2.05, 4.69) is 10.3 Å². The van der Waals surface area contributed by atoms with Crippen LogP contribution in [0.25, 0.3) is 0 Å². The van der Waals surface area contributed by atoms with Gasteiger partial charge in [-0.15, -0.1) is 0 Å². The first-order valence-corrected chi connectivity index (χ1v) is 11.2. The molecule has 1 aliphatic carbocycles. The average Bonchev–Trinajstić information content (AvgIpc) is 2.74. The number of carbonyl (C=O) groups excluding carboxylic acids is 2. The van der Waals surface area contributed by atoms with Crippen molar-refractivity contribution in [2.24, 2.45) is 16.5 Å². The number of ether oxygens (including phenoxy) is 1. The van der Waals surface area contributed by atoms with Gasteiger partial charge in [-0.3, -0.25) is 0 Å². The van der Waals surface area contributed by atoms with Gasteiger partial charge in [-0.2, -0.15) is 0 Å². The van der Waals surface area contributed by atoms with Gasteiger partial charge in [-0.05, 0) is 43.4 Å². The van der Waals surface area contributed by atoms with Gasteiger partial charge in [-0.25, -0.2) is 14.6 Å². The number of piperazine rings is 1. The fraction of sp³-hybridized carbons (Fsp3) is 0.591. The third-order valence-corrected chi connectivity index (χ3v) is 5.78. The molecule has 0 bridgehead atoms. The van der Waals surface area contributed by atoms with E-state index >= 15 is 0 Å². The molecule has 1 aromatic carbocycles. The molecule has 0 aromatic heterocycles. The van der Waals surface area contributed by atoms with Crippen LogP contribution in [-0.4, -0.2) is 60.2 Å². The molecule has 1 heterocycles. The summed E-state index contributed by atoms with van der Waals surface area (Å²) < 4.78 is 5.74. The lowest BCUT2D eigenvalue weighted by Crippen LogP contribution is -2.53. The number of nitrogens with two attached hydrogens (primary N) is 2. The van der Waals surface area contributed by atoms with E-state index < -0.39 is 0 Å². The minimum absolute atomic E-state index is 0.00812. The molecule has 9 nitrogen and oxygen atoms in total. The Morgan fingerprint density at radius 3 is 2.13 bits per heavy atom. The summed E-state index contributed by atoms with van der Waals surface area (Å²) in [5.74, 6) is 0.00812. The number of nitrogens with zero attached hydrogens (tertiary/aromatic N) is 3. The summed E-state index contributed by atoms with van der Waals surface area (Å²) in [6.07, 6.45) is 7.70. The second kappa shape index (κ2) is 11.4. The van der Waals surface area contributed by atoms with Gasteiger partial charge in [0.2, 0.25) is 0 Å². The second-order valence-electron chi connectivity index (χ2n) is 8.19. The number of rotatable bonds is 4. The first-order chi connectivity index (χ1) is 15.0. The molecule has 1 aromatic rings. The average molecular weight is 431 g/mol. The smallest absolute Gasteiger partial charge is 0.410 e. The second-order valence-corrected chi connectivity index (χ2v) is 8.19. The minimum atomic E-state index is -0.244. The van der Waals surface area contributed by atoms with E-state index in [1.54, 1.807) is 21.9 Å². The Morgan fingerprint density at radius 1 is 0.935 bits per heavy atom. The Labute approximate surface area is 183 Å². The molecule has 1 saturated carbocycles. The Morgan fingerprint density at radius 2 is 1.52 bits per heavy atom. The van der Waals surface area contributed by atoms with Crippen molar-refractivity contribution < 1.29 is 14.3 Å². The molecular weight excluding hydrogens is 396 g/mol. The fourth-order valence-corrected chi connectivity index (χ4v) is 3.97. The largest absolute Gasteiger partial charge is 0.446 e. The molecule has 2 aliphatic rings. The quantitative estimate of drug-likeness (QED) is 0.500. The Hall–Kier alpha value is -2.97. The van der Waals surface area contributed by atoms with Crippen molar-refractivity contribution in [3.63, 3.8) is 0 Å². The maximum atomic E-state index is 12.5. The normalized spacial score (nSPS) is 17.9. The fourth-order valence-electron chi connectivity index (χ4n) is 3.97. The van der Waals surface area contributed by atoms with Gasteiger partial charge in [0, 0.05) is 32.7 Å². The monoisotopic (exact) mass is 430 g/mol. The highest BCUT2D eigenvalue weighted by molar-refractivity contribution is 5.79. The minimum Gasteiger partial charge on any atom is -0.446 e. The molecule has 9 heteroatoms. The lowest BCUT2D eigenvalue weighted by molar-refractivity contribution is 0.0401. The summed E-state index contributed by atoms with van der Waals surface area (Å²) in [5, 5.41) is 2.92. The maximum Gasteiger partial charge on any atom is 0.410 e. The van der Waals surface area contributed by atoms with Crippen LogP contribution in [0.15, 0.2) is 29.3 Å². The van der Waals surface area contributed by atoms with Crippen molar-refractivity contribution in [2.75, 3.05) is 26.2 Å². The molecule has 0 unspecified atom stereocenters. The lowest BCUT2D eigenvalue weighted by Gasteiger charge is -2.35. The molecule has 170 valence electrons. The SMILES string of the molecule is NC(N)=Nc1ccc(CNC(=O)N2CCN(C(=O)OC3CCCCCCC3)CC2)cc1. The van der Waals surface area contributed by atoms with E-state index in [0.717, 1.165) is 31.2 Å². The van der Waals surface area contributed by atoms with Gasteiger partial charge >= 0.3 is 12.1 Å². The number of benzene rings is 1. The van der Waals surface area contributed by atoms with Crippen molar-refractivity contribution >= 4 is 23.8 Å². The van der Waals surface area contributed by atoms with Crippen LogP contribution in [0.5, 0.6) is 0 Å². The van der Waals surface area contributed by atoms with Crippen LogP contribution in [0.1, 0.15) is 50.5 Å². The number of hydrogen-bond donors (Lipinski definition) is 3. The highest BCUT2D eigenvalue weighted by Crippen LogP contribution is 2.20. The molecule has 3 rings (SSSR count). The van der Waals surface area contributed by atoms with Crippen molar-refractivity contribution in [1.82, 2.24) is 15.1 Å². The van der Waals surface area contributed by atoms with E-state index in [0.29, 0.717) is 38.4 Å². The molecule has 1 saturated heterocycles. The highest BCUT2D eigenvalue weighted by atomic mass is 16.6. The predicted molar refractivity (Wildman–Crippen MR) is 120 cm³/mol.